The molecule has 10 heteroatoms. The second kappa shape index (κ2) is 17.1. The molecule has 0 bridgehead atoms. The number of nitrogens with zero attached hydrogens (tertiary/aromatic N) is 3. The molecule has 0 fully saturated rings. The molecule has 0 saturated carbocycles. The van der Waals surface area contributed by atoms with Gasteiger partial charge in [0.15, 0.2) is 0 Å². The number of fused-ring (bicyclic) bond motifs is 5. The number of nitrogens with one attached hydrogen (secondary N) is 1. The summed E-state index contributed by atoms with van der Waals surface area (Å²) in [5.74, 6) is 1.63. The van der Waals surface area contributed by atoms with Gasteiger partial charge < -0.3 is 9.72 Å². The van der Waals surface area contributed by atoms with Crippen LogP contribution in [-0.2, 0) is 17.8 Å². The fourth-order valence-electron chi connectivity index (χ4n) is 5.67. The normalized spacial score (nSPS) is 14.1. The molecule has 2 radical (unpaired) electrons. The van der Waals surface area contributed by atoms with Crippen LogP contribution >= 0.6 is 22.9 Å². The SMILES string of the molecule is CC.CCCN(C)Cc1ncc(-c2cc(F)c3c(c2)OC(c2ccc(CC)s2)n2c-3cc3cc(Cl)ccc32)[nH]1.[CH3][Sn][CH](C=O)C(C)C. The maximum absolute atomic E-state index is 15.9. The van der Waals surface area contributed by atoms with Crippen molar-refractivity contribution in [1.82, 2.24) is 19.4 Å². The average molecular weight is 784 g/mol. The van der Waals surface area contributed by atoms with E-state index in [2.05, 4.69) is 71.2 Å². The number of aldehydes is 1. The van der Waals surface area contributed by atoms with Crippen molar-refractivity contribution in [3.8, 4) is 28.3 Å². The van der Waals surface area contributed by atoms with Gasteiger partial charge in [0.05, 0.1) is 40.1 Å². The standard InChI is InChI=1S/C29H28ClFN4OS.C5H9O.C2H6.CH3.Sn/c1-4-10-34(3)16-27-32-15-22(33-27)17-12-21(31)28-24-13-18-11-19(30)6-8-23(18)35(24)29(36-25(28)14-17)26-9-7-20(5-2)37-26;1-5(2)3-4-6;1-2;;/h6-9,11-15,29H,4-5,10,16H2,1-3H3,(H,32,33);3-5H,1-2H3;1-2H3;1H3;. The van der Waals surface area contributed by atoms with E-state index < -0.39 is 6.23 Å². The predicted octanol–water partition coefficient (Wildman–Crippen LogP) is 10.3. The Labute approximate surface area is 297 Å². The number of carbonyl (C=O) groups is 1. The third-order valence-electron chi connectivity index (χ3n) is 8.02. The van der Waals surface area contributed by atoms with Crippen LogP contribution in [-0.4, -0.2) is 60.5 Å². The van der Waals surface area contributed by atoms with Gasteiger partial charge in [-0.15, -0.1) is 11.3 Å². The van der Waals surface area contributed by atoms with Crippen LogP contribution in [0.3, 0.4) is 0 Å². The molecule has 4 heterocycles. The van der Waals surface area contributed by atoms with Crippen LogP contribution in [0.25, 0.3) is 33.4 Å². The van der Waals surface area contributed by atoms with Gasteiger partial charge in [-0.3, -0.25) is 9.47 Å². The summed E-state index contributed by atoms with van der Waals surface area (Å²) in [6.45, 7) is 14.2. The fraction of sp³-hybridized carbons (Fsp3) is 0.405. The van der Waals surface area contributed by atoms with E-state index in [1.54, 1.807) is 23.6 Å². The Bertz CT molecular complexity index is 1780. The van der Waals surface area contributed by atoms with Crippen molar-refractivity contribution >= 4 is 61.3 Å². The van der Waals surface area contributed by atoms with Crippen LogP contribution in [0.4, 0.5) is 4.39 Å². The van der Waals surface area contributed by atoms with E-state index in [0.717, 1.165) is 58.7 Å². The van der Waals surface area contributed by atoms with Gasteiger partial charge in [-0.25, -0.2) is 9.37 Å². The molecule has 2 aromatic carbocycles. The zero-order valence-corrected chi connectivity index (χ0v) is 33.1. The Kier molecular flexibility index (Phi) is 13.5. The van der Waals surface area contributed by atoms with Crippen molar-refractivity contribution in [3.05, 3.63) is 81.1 Å². The molecule has 2 atom stereocenters. The van der Waals surface area contributed by atoms with Crippen molar-refractivity contribution in [1.29, 1.82) is 0 Å². The number of carbonyl (C=O) groups excluding carboxylic acids is 1. The van der Waals surface area contributed by atoms with Crippen molar-refractivity contribution in [2.75, 3.05) is 13.6 Å². The van der Waals surface area contributed by atoms with Crippen LogP contribution in [0.2, 0.25) is 13.9 Å². The van der Waals surface area contributed by atoms with E-state index >= 15 is 4.39 Å². The summed E-state index contributed by atoms with van der Waals surface area (Å²) in [5, 5.41) is 1.60. The molecule has 5 aromatic rings. The molecule has 0 saturated heterocycles. The zero-order valence-electron chi connectivity index (χ0n) is 28.7. The van der Waals surface area contributed by atoms with Gasteiger partial charge in [0, 0.05) is 20.8 Å². The Morgan fingerprint density at radius 2 is 1.94 bits per heavy atom. The van der Waals surface area contributed by atoms with Gasteiger partial charge >= 0.3 is 60.9 Å². The van der Waals surface area contributed by atoms with E-state index in [0.29, 0.717) is 38.3 Å². The molecule has 3 aromatic heterocycles. The number of benzene rings is 2. The van der Waals surface area contributed by atoms with E-state index in [1.165, 1.54) is 4.88 Å². The van der Waals surface area contributed by atoms with E-state index in [1.807, 2.05) is 44.2 Å². The molecule has 2 unspecified atom stereocenters. The van der Waals surface area contributed by atoms with Gasteiger partial charge in [-0.05, 0) is 75.0 Å². The molecule has 6 rings (SSSR count). The number of hydrogen-bond acceptors (Lipinski definition) is 5. The number of rotatable bonds is 10. The Morgan fingerprint density at radius 1 is 1.17 bits per heavy atom. The summed E-state index contributed by atoms with van der Waals surface area (Å²) in [4.78, 5) is 24.9. The number of H-pyrrole nitrogens is 1. The molecule has 0 spiro atoms. The molecular weight excluding hydrogens is 738 g/mol. The average Bonchev–Trinajstić information content (AvgIpc) is 3.81. The number of hydrogen-bond donors (Lipinski definition) is 1. The van der Waals surface area contributed by atoms with E-state index in [-0.39, 0.29) is 27.0 Å². The number of imidazole rings is 1. The Morgan fingerprint density at radius 3 is 2.55 bits per heavy atom. The number of ether oxygens (including phenoxy) is 1. The Balaban J connectivity index is 0.000000440. The third kappa shape index (κ3) is 8.50. The summed E-state index contributed by atoms with van der Waals surface area (Å²) >= 11 is 7.70. The predicted molar refractivity (Wildman–Crippen MR) is 197 cm³/mol. The van der Waals surface area contributed by atoms with Crippen LogP contribution in [0.5, 0.6) is 5.75 Å². The monoisotopic (exact) mass is 784 g/mol. The number of thiophene rings is 1. The van der Waals surface area contributed by atoms with Crippen molar-refractivity contribution in [2.45, 2.75) is 76.0 Å². The third-order valence-corrected chi connectivity index (χ3v) is 13.7. The first-order valence-corrected chi connectivity index (χ1v) is 22.1. The van der Waals surface area contributed by atoms with Gasteiger partial charge in [0.2, 0.25) is 6.23 Å². The number of aromatic nitrogens is 3. The summed E-state index contributed by atoms with van der Waals surface area (Å²) in [5.41, 5.74) is 3.68. The van der Waals surface area contributed by atoms with Crippen LogP contribution in [0, 0.1) is 11.7 Å². The Hall–Kier alpha value is -2.66. The molecule has 1 N–H and O–H groups in total. The van der Waals surface area contributed by atoms with Crippen LogP contribution in [0.1, 0.15) is 69.8 Å². The zero-order chi connectivity index (χ0) is 34.2. The van der Waals surface area contributed by atoms with E-state index in [9.17, 15) is 4.79 Å². The molecule has 1 aliphatic heterocycles. The molecular formula is C37H46ClFN4O2SSn. The van der Waals surface area contributed by atoms with Gasteiger partial charge in [-0.1, -0.05) is 39.3 Å². The molecule has 6 nitrogen and oxygen atoms in total. The quantitative estimate of drug-likeness (QED) is 0.113. The molecule has 1 aliphatic rings. The van der Waals surface area contributed by atoms with Gasteiger partial charge in [-0.2, -0.15) is 0 Å². The molecule has 0 amide bonds. The molecule has 250 valence electrons. The van der Waals surface area contributed by atoms with Crippen LogP contribution < -0.4 is 4.74 Å². The first-order chi connectivity index (χ1) is 22.7. The minimum atomic E-state index is -0.402. The van der Waals surface area contributed by atoms with Crippen molar-refractivity contribution < 1.29 is 13.9 Å². The fourth-order valence-corrected chi connectivity index (χ4v) is 9.12. The second-order valence-electron chi connectivity index (χ2n) is 11.7. The van der Waals surface area contributed by atoms with Gasteiger partial charge in [0.1, 0.15) is 17.4 Å². The summed E-state index contributed by atoms with van der Waals surface area (Å²) in [6.07, 6.45) is 4.52. The number of halogens is 2. The second-order valence-corrected chi connectivity index (χ2v) is 16.9. The number of aryl methyl sites for hydroxylation is 1. The van der Waals surface area contributed by atoms with Gasteiger partial charge in [0.25, 0.3) is 0 Å². The topological polar surface area (TPSA) is 63.1 Å². The summed E-state index contributed by atoms with van der Waals surface area (Å²) in [6, 6.07) is 15.5. The first kappa shape index (κ1) is 37.2. The van der Waals surface area contributed by atoms with Crippen molar-refractivity contribution in [3.63, 3.8) is 0 Å². The number of aromatic amines is 1. The molecule has 0 aliphatic carbocycles. The van der Waals surface area contributed by atoms with E-state index in [4.69, 9.17) is 16.3 Å². The maximum atomic E-state index is 15.9. The molecule has 47 heavy (non-hydrogen) atoms. The van der Waals surface area contributed by atoms with Crippen LogP contribution in [0.15, 0.2) is 54.7 Å². The summed E-state index contributed by atoms with van der Waals surface area (Å²) in [7, 11) is 2.07. The van der Waals surface area contributed by atoms with Crippen molar-refractivity contribution in [2.24, 2.45) is 5.92 Å². The summed E-state index contributed by atoms with van der Waals surface area (Å²) < 4.78 is 25.0. The first-order valence-electron chi connectivity index (χ1n) is 16.4. The minimum absolute atomic E-state index is 0.325.